The summed E-state index contributed by atoms with van der Waals surface area (Å²) in [5, 5.41) is 2.71. The molecular formula is C13H25N2O3+. The van der Waals surface area contributed by atoms with Crippen LogP contribution < -0.4 is 10.8 Å². The van der Waals surface area contributed by atoms with Gasteiger partial charge in [-0.05, 0) is 39.7 Å². The molecule has 0 aromatic carbocycles. The number of rotatable bonds is 7. The third kappa shape index (κ3) is 12.7. The Morgan fingerprint density at radius 2 is 2.06 bits per heavy atom. The van der Waals surface area contributed by atoms with Crippen LogP contribution in [0.25, 0.3) is 0 Å². The molecule has 5 nitrogen and oxygen atoms in total. The van der Waals surface area contributed by atoms with Crippen LogP contribution in [0.1, 0.15) is 33.6 Å². The molecule has 0 fully saturated rings. The zero-order valence-corrected chi connectivity index (χ0v) is 11.7. The van der Waals surface area contributed by atoms with E-state index in [1.165, 1.54) is 0 Å². The summed E-state index contributed by atoms with van der Waals surface area (Å²) >= 11 is 0. The average molecular weight is 257 g/mol. The number of nitrogens with one attached hydrogen (secondary N) is 1. The maximum Gasteiger partial charge on any atom is 0.407 e. The molecule has 0 heterocycles. The standard InChI is InChI=1S/C13H24N2O3/c1-13(2,3)18-12(16)14-10-8-6-5-7-9-11-15-17-4/h5,7,9,11,15H,6,8,10H2,1-4H3,(H,14,16)/p+1/b7-5-,11-9-. The van der Waals surface area contributed by atoms with Gasteiger partial charge in [0.2, 0.25) is 0 Å². The van der Waals surface area contributed by atoms with E-state index in [0.717, 1.165) is 12.8 Å². The summed E-state index contributed by atoms with van der Waals surface area (Å²) < 4.78 is 5.11. The number of alkyl carbamates (subject to hydrolysis) is 1. The van der Waals surface area contributed by atoms with E-state index in [-0.39, 0.29) is 6.09 Å². The highest BCUT2D eigenvalue weighted by molar-refractivity contribution is 5.67. The second-order valence-corrected chi connectivity index (χ2v) is 4.76. The third-order valence-electron chi connectivity index (χ3n) is 1.79. The molecule has 0 bridgehead atoms. The van der Waals surface area contributed by atoms with Gasteiger partial charge in [0, 0.05) is 6.54 Å². The fourth-order valence-electron chi connectivity index (χ4n) is 1.09. The van der Waals surface area contributed by atoms with Crippen molar-refractivity contribution in [2.45, 2.75) is 39.2 Å². The van der Waals surface area contributed by atoms with E-state index in [1.807, 2.05) is 45.2 Å². The summed E-state index contributed by atoms with van der Waals surface area (Å²) in [6, 6.07) is 0. The topological polar surface area (TPSA) is 64.2 Å². The Morgan fingerprint density at radius 3 is 2.67 bits per heavy atom. The minimum Gasteiger partial charge on any atom is -0.444 e. The van der Waals surface area contributed by atoms with Crippen molar-refractivity contribution in [3.63, 3.8) is 0 Å². The fourth-order valence-corrected chi connectivity index (χ4v) is 1.09. The third-order valence-corrected chi connectivity index (χ3v) is 1.79. The van der Waals surface area contributed by atoms with E-state index in [0.29, 0.717) is 6.54 Å². The molecule has 0 spiro atoms. The molecule has 0 aliphatic heterocycles. The van der Waals surface area contributed by atoms with Gasteiger partial charge in [-0.2, -0.15) is 5.48 Å². The monoisotopic (exact) mass is 257 g/mol. The molecule has 0 aromatic heterocycles. The number of unbranched alkanes of at least 4 members (excludes halogenated alkanes) is 1. The van der Waals surface area contributed by atoms with E-state index in [4.69, 9.17) is 9.57 Å². The van der Waals surface area contributed by atoms with Crippen LogP contribution in [0.2, 0.25) is 0 Å². The quantitative estimate of drug-likeness (QED) is 0.412. The Hall–Kier alpha value is -1.33. The second kappa shape index (κ2) is 9.67. The van der Waals surface area contributed by atoms with Crippen molar-refractivity contribution in [1.82, 2.24) is 5.32 Å². The van der Waals surface area contributed by atoms with Gasteiger partial charge in [-0.15, -0.1) is 0 Å². The Labute approximate surface area is 109 Å². The molecule has 0 aromatic rings. The largest absolute Gasteiger partial charge is 0.444 e. The molecule has 0 aliphatic rings. The van der Waals surface area contributed by atoms with Crippen LogP contribution in [-0.4, -0.2) is 25.3 Å². The van der Waals surface area contributed by atoms with Crippen molar-refractivity contribution >= 4 is 6.09 Å². The van der Waals surface area contributed by atoms with Gasteiger partial charge >= 0.3 is 6.09 Å². The molecular weight excluding hydrogens is 232 g/mol. The normalized spacial score (nSPS) is 12.2. The predicted molar refractivity (Wildman–Crippen MR) is 70.7 cm³/mol. The summed E-state index contributed by atoms with van der Waals surface area (Å²) in [6.07, 6.45) is 9.13. The minimum atomic E-state index is -0.438. The Kier molecular flexibility index (Phi) is 8.96. The smallest absolute Gasteiger partial charge is 0.407 e. The van der Waals surface area contributed by atoms with Crippen LogP contribution in [0.4, 0.5) is 4.79 Å². The molecule has 3 N–H and O–H groups in total. The molecule has 0 rings (SSSR count). The van der Waals surface area contributed by atoms with E-state index in [9.17, 15) is 4.79 Å². The van der Waals surface area contributed by atoms with Gasteiger partial charge in [0.15, 0.2) is 0 Å². The molecule has 0 saturated heterocycles. The predicted octanol–water partition coefficient (Wildman–Crippen LogP) is 1.49. The molecule has 104 valence electrons. The molecule has 0 aliphatic carbocycles. The number of hydroxylamine groups is 1. The number of hydrogen-bond donors (Lipinski definition) is 2. The van der Waals surface area contributed by atoms with Gasteiger partial charge in [-0.3, -0.25) is 0 Å². The van der Waals surface area contributed by atoms with Crippen molar-refractivity contribution in [2.75, 3.05) is 13.7 Å². The lowest BCUT2D eigenvalue weighted by Gasteiger charge is -2.19. The first-order chi connectivity index (χ1) is 8.45. The van der Waals surface area contributed by atoms with Crippen molar-refractivity contribution in [2.24, 2.45) is 0 Å². The van der Waals surface area contributed by atoms with E-state index in [1.54, 1.807) is 12.6 Å². The molecule has 0 saturated carbocycles. The van der Waals surface area contributed by atoms with E-state index in [2.05, 4.69) is 5.32 Å². The summed E-state index contributed by atoms with van der Waals surface area (Å²) in [5.41, 5.74) is 1.17. The lowest BCUT2D eigenvalue weighted by Crippen LogP contribution is -2.75. The van der Waals surface area contributed by atoms with Crippen LogP contribution in [0.3, 0.4) is 0 Å². The van der Waals surface area contributed by atoms with Crippen molar-refractivity contribution < 1.29 is 19.8 Å². The van der Waals surface area contributed by atoms with Crippen molar-refractivity contribution in [1.29, 1.82) is 0 Å². The summed E-state index contributed by atoms with van der Waals surface area (Å²) in [4.78, 5) is 16.0. The molecule has 18 heavy (non-hydrogen) atoms. The lowest BCUT2D eigenvalue weighted by molar-refractivity contribution is -0.842. The Balaban J connectivity index is 3.48. The van der Waals surface area contributed by atoms with Gasteiger partial charge in [0.25, 0.3) is 0 Å². The highest BCUT2D eigenvalue weighted by Crippen LogP contribution is 2.06. The highest BCUT2D eigenvalue weighted by Gasteiger charge is 2.15. The molecule has 0 radical (unpaired) electrons. The number of ether oxygens (including phenoxy) is 1. The first-order valence-electron chi connectivity index (χ1n) is 6.10. The number of allylic oxidation sites excluding steroid dienone is 3. The summed E-state index contributed by atoms with van der Waals surface area (Å²) in [5.74, 6) is 0. The Bertz CT molecular complexity index is 280. The maximum absolute atomic E-state index is 11.3. The molecule has 0 unspecified atom stereocenters. The SMILES string of the molecule is CO[NH2+]/C=C\C=C/CCCNC(=O)OC(C)(C)C. The first kappa shape index (κ1) is 16.7. The Morgan fingerprint density at radius 1 is 1.33 bits per heavy atom. The summed E-state index contributed by atoms with van der Waals surface area (Å²) in [6.45, 7) is 6.16. The number of hydrogen-bond acceptors (Lipinski definition) is 3. The number of carbonyl (C=O) groups is 1. The van der Waals surface area contributed by atoms with Gasteiger partial charge in [0.1, 0.15) is 11.8 Å². The molecule has 5 heteroatoms. The van der Waals surface area contributed by atoms with Gasteiger partial charge in [-0.25, -0.2) is 9.63 Å². The van der Waals surface area contributed by atoms with E-state index >= 15 is 0 Å². The minimum absolute atomic E-state index is 0.360. The fraction of sp³-hybridized carbons (Fsp3) is 0.615. The molecule has 1 amide bonds. The second-order valence-electron chi connectivity index (χ2n) is 4.76. The van der Waals surface area contributed by atoms with Crippen LogP contribution in [0.5, 0.6) is 0 Å². The summed E-state index contributed by atoms with van der Waals surface area (Å²) in [7, 11) is 1.61. The van der Waals surface area contributed by atoms with Crippen molar-refractivity contribution in [3.8, 4) is 0 Å². The van der Waals surface area contributed by atoms with Gasteiger partial charge in [0.05, 0.1) is 7.11 Å². The van der Waals surface area contributed by atoms with Crippen LogP contribution in [-0.2, 0) is 9.57 Å². The molecule has 0 atom stereocenters. The highest BCUT2D eigenvalue weighted by atomic mass is 16.6. The zero-order chi connectivity index (χ0) is 13.9. The zero-order valence-electron chi connectivity index (χ0n) is 11.7. The number of carbonyl (C=O) groups excluding carboxylic acids is 1. The number of quaternary nitrogens is 1. The maximum atomic E-state index is 11.3. The van der Waals surface area contributed by atoms with Crippen LogP contribution in [0.15, 0.2) is 24.4 Å². The van der Waals surface area contributed by atoms with Gasteiger partial charge < -0.3 is 10.1 Å². The number of amides is 1. The van der Waals surface area contributed by atoms with Crippen LogP contribution in [0, 0.1) is 0 Å². The average Bonchev–Trinajstić information content (AvgIpc) is 2.24. The van der Waals surface area contributed by atoms with Crippen molar-refractivity contribution in [3.05, 3.63) is 24.4 Å². The number of nitrogens with two attached hydrogens (primary N) is 1. The first-order valence-corrected chi connectivity index (χ1v) is 6.10. The van der Waals surface area contributed by atoms with Gasteiger partial charge in [-0.1, -0.05) is 12.2 Å². The lowest BCUT2D eigenvalue weighted by atomic mass is 10.2. The van der Waals surface area contributed by atoms with Crippen LogP contribution >= 0.6 is 0 Å². The van der Waals surface area contributed by atoms with E-state index < -0.39 is 5.60 Å².